The summed E-state index contributed by atoms with van der Waals surface area (Å²) in [6.07, 6.45) is 0.748. The van der Waals surface area contributed by atoms with Gasteiger partial charge in [0.2, 0.25) is 0 Å². The van der Waals surface area contributed by atoms with Gasteiger partial charge in [-0.2, -0.15) is 0 Å². The minimum Gasteiger partial charge on any atom is -0.347 e. The zero-order valence-corrected chi connectivity index (χ0v) is 14.6. The molecule has 0 spiro atoms. The third-order valence-corrected chi connectivity index (χ3v) is 4.16. The number of nitrogens with zero attached hydrogens (tertiary/aromatic N) is 1. The highest BCUT2D eigenvalue weighted by Crippen LogP contribution is 2.27. The van der Waals surface area contributed by atoms with Gasteiger partial charge in [0.1, 0.15) is 0 Å². The molecule has 2 rings (SSSR count). The van der Waals surface area contributed by atoms with Crippen LogP contribution in [0, 0.1) is 10.1 Å². The van der Waals surface area contributed by atoms with Crippen LogP contribution in [0.5, 0.6) is 0 Å². The summed E-state index contributed by atoms with van der Waals surface area (Å²) < 4.78 is 0. The minimum absolute atomic E-state index is 0.123. The van der Waals surface area contributed by atoms with Gasteiger partial charge in [0.25, 0.3) is 11.6 Å². The summed E-state index contributed by atoms with van der Waals surface area (Å²) in [6, 6.07) is 11.3. The van der Waals surface area contributed by atoms with E-state index in [9.17, 15) is 14.9 Å². The summed E-state index contributed by atoms with van der Waals surface area (Å²) in [5, 5.41) is 14.7. The summed E-state index contributed by atoms with van der Waals surface area (Å²) >= 11 is 5.88. The number of carbonyl (C=O) groups is 1. The molecule has 0 unspecified atom stereocenters. The van der Waals surface area contributed by atoms with Crippen molar-refractivity contribution in [3.05, 3.63) is 63.2 Å². The first-order valence-corrected chi connectivity index (χ1v) is 7.97. The lowest BCUT2D eigenvalue weighted by molar-refractivity contribution is -0.384. The van der Waals surface area contributed by atoms with Gasteiger partial charge < -0.3 is 5.32 Å². The Hall–Kier alpha value is -2.40. The van der Waals surface area contributed by atoms with E-state index in [0.717, 1.165) is 12.0 Å². The lowest BCUT2D eigenvalue weighted by atomic mass is 9.99. The van der Waals surface area contributed by atoms with Crippen LogP contribution in [0.4, 0.5) is 5.69 Å². The maximum Gasteiger partial charge on any atom is 0.270 e. The minimum atomic E-state index is -0.499. The van der Waals surface area contributed by atoms with Crippen LogP contribution >= 0.6 is 11.6 Å². The Morgan fingerprint density at radius 2 is 1.79 bits per heavy atom. The van der Waals surface area contributed by atoms with Crippen molar-refractivity contribution in [1.82, 2.24) is 5.32 Å². The van der Waals surface area contributed by atoms with Crippen molar-refractivity contribution in [2.24, 2.45) is 0 Å². The lowest BCUT2D eigenvalue weighted by Gasteiger charge is -2.24. The summed E-state index contributed by atoms with van der Waals surface area (Å²) in [4.78, 5) is 23.2. The smallest absolute Gasteiger partial charge is 0.270 e. The molecular formula is C18H19ClN2O3. The average Bonchev–Trinajstić information content (AvgIpc) is 2.54. The molecule has 5 nitrogen and oxygen atoms in total. The number of non-ortho nitro benzene ring substituents is 1. The Morgan fingerprint density at radius 1 is 1.17 bits per heavy atom. The van der Waals surface area contributed by atoms with Crippen molar-refractivity contribution in [1.29, 1.82) is 0 Å². The molecular weight excluding hydrogens is 328 g/mol. The summed E-state index contributed by atoms with van der Waals surface area (Å²) in [7, 11) is 0. The number of benzene rings is 2. The fraction of sp³-hybridized carbons (Fsp3) is 0.278. The predicted octanol–water partition coefficient (Wildman–Crippen LogP) is 4.83. The second-order valence-electron chi connectivity index (χ2n) is 6.22. The number of nitrogens with one attached hydrogen (secondary N) is 1. The molecule has 0 atom stereocenters. The summed E-state index contributed by atoms with van der Waals surface area (Å²) in [5.41, 5.74) is 1.10. The second-order valence-corrected chi connectivity index (χ2v) is 6.66. The average molecular weight is 347 g/mol. The van der Waals surface area contributed by atoms with Crippen LogP contribution in [-0.2, 0) is 0 Å². The molecule has 0 saturated carbocycles. The molecule has 0 aliphatic carbocycles. The maximum atomic E-state index is 12.5. The van der Waals surface area contributed by atoms with Gasteiger partial charge in [-0.05, 0) is 49.6 Å². The van der Waals surface area contributed by atoms with Crippen LogP contribution < -0.4 is 5.32 Å². The number of hydrogen-bond donors (Lipinski definition) is 1. The fourth-order valence-electron chi connectivity index (χ4n) is 2.12. The standard InChI is InChI=1S/C18H19ClN2O3/c1-4-18(2,3)20-17(22)14-9-13(10-16(11-14)21(23)24)12-5-7-15(19)8-6-12/h5-11H,4H2,1-3H3,(H,20,22). The fourth-order valence-corrected chi connectivity index (χ4v) is 2.25. The third-order valence-electron chi connectivity index (χ3n) is 3.90. The molecule has 2 aromatic rings. The quantitative estimate of drug-likeness (QED) is 0.622. The number of nitro groups is 1. The van der Waals surface area contributed by atoms with Gasteiger partial charge in [0.05, 0.1) is 4.92 Å². The van der Waals surface area contributed by atoms with E-state index in [0.29, 0.717) is 10.6 Å². The molecule has 0 saturated heterocycles. The van der Waals surface area contributed by atoms with Crippen LogP contribution in [0.15, 0.2) is 42.5 Å². The first-order valence-electron chi connectivity index (χ1n) is 7.60. The zero-order chi connectivity index (χ0) is 17.9. The molecule has 1 N–H and O–H groups in total. The van der Waals surface area contributed by atoms with E-state index < -0.39 is 4.92 Å². The first kappa shape index (κ1) is 17.9. The molecule has 126 valence electrons. The Bertz CT molecular complexity index is 770. The summed E-state index contributed by atoms with van der Waals surface area (Å²) in [6.45, 7) is 5.78. The van der Waals surface area contributed by atoms with Crippen molar-refractivity contribution >= 4 is 23.2 Å². The molecule has 0 aromatic heterocycles. The highest BCUT2D eigenvalue weighted by Gasteiger charge is 2.21. The van der Waals surface area contributed by atoms with Crippen molar-refractivity contribution in [2.75, 3.05) is 0 Å². The largest absolute Gasteiger partial charge is 0.347 e. The molecule has 0 heterocycles. The van der Waals surface area contributed by atoms with E-state index >= 15 is 0 Å². The number of nitro benzene ring substituents is 1. The number of rotatable bonds is 5. The SMILES string of the molecule is CCC(C)(C)NC(=O)c1cc(-c2ccc(Cl)cc2)cc([N+](=O)[O-])c1. The van der Waals surface area contributed by atoms with Crippen LogP contribution in [0.25, 0.3) is 11.1 Å². The molecule has 0 aliphatic heterocycles. The lowest BCUT2D eigenvalue weighted by Crippen LogP contribution is -2.42. The molecule has 0 radical (unpaired) electrons. The Morgan fingerprint density at radius 3 is 2.33 bits per heavy atom. The maximum absolute atomic E-state index is 12.5. The van der Waals surface area contributed by atoms with E-state index in [1.165, 1.54) is 12.1 Å². The normalized spacial score (nSPS) is 11.2. The van der Waals surface area contributed by atoms with Crippen molar-refractivity contribution in [3.63, 3.8) is 0 Å². The van der Waals surface area contributed by atoms with Crippen LogP contribution in [0.2, 0.25) is 5.02 Å². The van der Waals surface area contributed by atoms with E-state index in [1.807, 2.05) is 20.8 Å². The van der Waals surface area contributed by atoms with E-state index in [1.54, 1.807) is 30.3 Å². The van der Waals surface area contributed by atoms with E-state index in [2.05, 4.69) is 5.32 Å². The number of carbonyl (C=O) groups excluding carboxylic acids is 1. The predicted molar refractivity (Wildman–Crippen MR) is 95.4 cm³/mol. The molecule has 0 fully saturated rings. The Labute approximate surface area is 145 Å². The van der Waals surface area contributed by atoms with Gasteiger partial charge in [-0.15, -0.1) is 0 Å². The number of halogens is 1. The monoisotopic (exact) mass is 346 g/mol. The molecule has 24 heavy (non-hydrogen) atoms. The van der Waals surface area contributed by atoms with Gasteiger partial charge in [-0.3, -0.25) is 14.9 Å². The van der Waals surface area contributed by atoms with Gasteiger partial charge in [-0.25, -0.2) is 0 Å². The Balaban J connectivity index is 2.47. The van der Waals surface area contributed by atoms with Crippen LogP contribution in [0.1, 0.15) is 37.6 Å². The topological polar surface area (TPSA) is 72.2 Å². The summed E-state index contributed by atoms with van der Waals surface area (Å²) in [5.74, 6) is -0.333. The number of hydrogen-bond acceptors (Lipinski definition) is 3. The van der Waals surface area contributed by atoms with Gasteiger partial charge in [-0.1, -0.05) is 30.7 Å². The van der Waals surface area contributed by atoms with Gasteiger partial charge >= 0.3 is 0 Å². The Kier molecular flexibility index (Phi) is 5.24. The van der Waals surface area contributed by atoms with Gasteiger partial charge in [0.15, 0.2) is 0 Å². The highest BCUT2D eigenvalue weighted by atomic mass is 35.5. The number of amides is 1. The van der Waals surface area contributed by atoms with E-state index in [-0.39, 0.29) is 22.7 Å². The third kappa shape index (κ3) is 4.32. The van der Waals surface area contributed by atoms with Crippen LogP contribution in [-0.4, -0.2) is 16.4 Å². The van der Waals surface area contributed by atoms with Crippen molar-refractivity contribution < 1.29 is 9.72 Å². The highest BCUT2D eigenvalue weighted by molar-refractivity contribution is 6.30. The van der Waals surface area contributed by atoms with Crippen molar-refractivity contribution in [3.8, 4) is 11.1 Å². The van der Waals surface area contributed by atoms with E-state index in [4.69, 9.17) is 11.6 Å². The molecule has 2 aromatic carbocycles. The van der Waals surface area contributed by atoms with Gasteiger partial charge in [0, 0.05) is 28.3 Å². The second kappa shape index (κ2) is 7.01. The molecule has 1 amide bonds. The molecule has 6 heteroatoms. The zero-order valence-electron chi connectivity index (χ0n) is 13.8. The molecule has 0 bridgehead atoms. The first-order chi connectivity index (χ1) is 11.2. The van der Waals surface area contributed by atoms with Crippen molar-refractivity contribution in [2.45, 2.75) is 32.7 Å². The van der Waals surface area contributed by atoms with Crippen LogP contribution in [0.3, 0.4) is 0 Å². The molecule has 0 aliphatic rings.